The van der Waals surface area contributed by atoms with Crippen LogP contribution in [0.3, 0.4) is 0 Å². The van der Waals surface area contributed by atoms with E-state index >= 15 is 0 Å². The summed E-state index contributed by atoms with van der Waals surface area (Å²) < 4.78 is 0. The van der Waals surface area contributed by atoms with Gasteiger partial charge >= 0.3 is 0 Å². The number of carbonyl (C=O) groups is 2. The molecule has 3 rings (SSSR count). The third-order valence-electron chi connectivity index (χ3n) is 4.21. The molecule has 0 aliphatic heterocycles. The van der Waals surface area contributed by atoms with E-state index in [1.807, 2.05) is 11.4 Å². The SMILES string of the molecule is O=C(Nc1ccc(NC(=O)C2CCCCC2)cc1Cl)c1cccs1. The molecular formula is C18H19ClN2O2S. The van der Waals surface area contributed by atoms with Crippen LogP contribution in [0.2, 0.25) is 5.02 Å². The Morgan fingerprint density at radius 2 is 1.88 bits per heavy atom. The van der Waals surface area contributed by atoms with Crippen LogP contribution in [0.25, 0.3) is 0 Å². The van der Waals surface area contributed by atoms with Crippen LogP contribution < -0.4 is 10.6 Å². The van der Waals surface area contributed by atoms with Crippen molar-refractivity contribution in [3.05, 3.63) is 45.6 Å². The number of halogens is 1. The van der Waals surface area contributed by atoms with Crippen molar-refractivity contribution in [3.8, 4) is 0 Å². The number of carbonyl (C=O) groups excluding carboxylic acids is 2. The standard InChI is InChI=1S/C18H19ClN2O2S/c19-14-11-13(20-17(22)12-5-2-1-3-6-12)8-9-15(14)21-18(23)16-7-4-10-24-16/h4,7-12H,1-3,5-6H2,(H,20,22)(H,21,23). The van der Waals surface area contributed by atoms with Gasteiger partial charge in [0.05, 0.1) is 15.6 Å². The average Bonchev–Trinajstić information content (AvgIpc) is 3.13. The Kier molecular flexibility index (Phi) is 5.53. The largest absolute Gasteiger partial charge is 0.326 e. The lowest BCUT2D eigenvalue weighted by atomic mass is 9.88. The Morgan fingerprint density at radius 3 is 2.54 bits per heavy atom. The van der Waals surface area contributed by atoms with Crippen molar-refractivity contribution < 1.29 is 9.59 Å². The lowest BCUT2D eigenvalue weighted by molar-refractivity contribution is -0.120. The molecule has 1 aromatic carbocycles. The van der Waals surface area contributed by atoms with Crippen molar-refractivity contribution >= 4 is 46.1 Å². The van der Waals surface area contributed by atoms with Gasteiger partial charge in [-0.25, -0.2) is 0 Å². The molecule has 0 spiro atoms. The van der Waals surface area contributed by atoms with Gasteiger partial charge in [0.15, 0.2) is 0 Å². The molecule has 126 valence electrons. The highest BCUT2D eigenvalue weighted by Gasteiger charge is 2.21. The summed E-state index contributed by atoms with van der Waals surface area (Å²) >= 11 is 7.61. The fraction of sp³-hybridized carbons (Fsp3) is 0.333. The van der Waals surface area contributed by atoms with Crippen LogP contribution in [0.5, 0.6) is 0 Å². The van der Waals surface area contributed by atoms with E-state index < -0.39 is 0 Å². The maximum atomic E-state index is 12.3. The highest BCUT2D eigenvalue weighted by atomic mass is 35.5. The van der Waals surface area contributed by atoms with Crippen LogP contribution >= 0.6 is 22.9 Å². The summed E-state index contributed by atoms with van der Waals surface area (Å²) in [6.45, 7) is 0. The van der Waals surface area contributed by atoms with Gasteiger partial charge < -0.3 is 10.6 Å². The van der Waals surface area contributed by atoms with E-state index in [1.165, 1.54) is 17.8 Å². The molecule has 0 saturated heterocycles. The first kappa shape index (κ1) is 17.0. The van der Waals surface area contributed by atoms with Crippen molar-refractivity contribution in [2.24, 2.45) is 5.92 Å². The van der Waals surface area contributed by atoms with Gasteiger partial charge in [-0.15, -0.1) is 11.3 Å². The van der Waals surface area contributed by atoms with E-state index in [1.54, 1.807) is 24.3 Å². The van der Waals surface area contributed by atoms with Crippen molar-refractivity contribution in [2.75, 3.05) is 10.6 Å². The molecule has 0 unspecified atom stereocenters. The van der Waals surface area contributed by atoms with Gasteiger partial charge in [0.2, 0.25) is 5.91 Å². The normalized spacial score (nSPS) is 15.0. The van der Waals surface area contributed by atoms with Gasteiger partial charge in [0.25, 0.3) is 5.91 Å². The number of hydrogen-bond donors (Lipinski definition) is 2. The summed E-state index contributed by atoms with van der Waals surface area (Å²) in [7, 11) is 0. The first-order chi connectivity index (χ1) is 11.6. The summed E-state index contributed by atoms with van der Waals surface area (Å²) in [5.41, 5.74) is 1.19. The van der Waals surface area contributed by atoms with Crippen LogP contribution in [0, 0.1) is 5.92 Å². The van der Waals surface area contributed by atoms with Gasteiger partial charge in [0.1, 0.15) is 0 Å². The van der Waals surface area contributed by atoms with Crippen molar-refractivity contribution in [1.29, 1.82) is 0 Å². The van der Waals surface area contributed by atoms with Crippen molar-refractivity contribution in [3.63, 3.8) is 0 Å². The molecular weight excluding hydrogens is 344 g/mol. The topological polar surface area (TPSA) is 58.2 Å². The van der Waals surface area contributed by atoms with E-state index in [0.717, 1.165) is 25.7 Å². The van der Waals surface area contributed by atoms with Gasteiger partial charge in [-0.05, 0) is 42.5 Å². The molecule has 1 saturated carbocycles. The minimum atomic E-state index is -0.189. The number of thiophene rings is 1. The molecule has 0 radical (unpaired) electrons. The predicted octanol–water partition coefficient (Wildman–Crippen LogP) is 5.17. The summed E-state index contributed by atoms with van der Waals surface area (Å²) in [6, 6.07) is 8.73. The number of anilines is 2. The molecule has 1 aliphatic rings. The Labute approximate surface area is 150 Å². The van der Waals surface area contributed by atoms with E-state index in [4.69, 9.17) is 11.6 Å². The Morgan fingerprint density at radius 1 is 1.08 bits per heavy atom. The zero-order valence-corrected chi connectivity index (χ0v) is 14.8. The van der Waals surface area contributed by atoms with Crippen LogP contribution in [-0.4, -0.2) is 11.8 Å². The highest BCUT2D eigenvalue weighted by Crippen LogP contribution is 2.28. The van der Waals surface area contributed by atoms with Gasteiger partial charge in [0, 0.05) is 11.6 Å². The fourth-order valence-electron chi connectivity index (χ4n) is 2.90. The monoisotopic (exact) mass is 362 g/mol. The highest BCUT2D eigenvalue weighted by molar-refractivity contribution is 7.12. The molecule has 0 bridgehead atoms. The first-order valence-electron chi connectivity index (χ1n) is 8.09. The molecule has 1 aromatic heterocycles. The Hall–Kier alpha value is -1.85. The maximum Gasteiger partial charge on any atom is 0.265 e. The molecule has 24 heavy (non-hydrogen) atoms. The van der Waals surface area contributed by atoms with E-state index in [9.17, 15) is 9.59 Å². The molecule has 1 heterocycles. The molecule has 4 nitrogen and oxygen atoms in total. The zero-order valence-electron chi connectivity index (χ0n) is 13.2. The lowest BCUT2D eigenvalue weighted by Gasteiger charge is -2.21. The second kappa shape index (κ2) is 7.81. The van der Waals surface area contributed by atoms with Gasteiger partial charge in [-0.3, -0.25) is 9.59 Å². The quantitative estimate of drug-likeness (QED) is 0.787. The van der Waals surface area contributed by atoms with Crippen LogP contribution in [0.4, 0.5) is 11.4 Å². The van der Waals surface area contributed by atoms with Crippen LogP contribution in [0.15, 0.2) is 35.7 Å². The third kappa shape index (κ3) is 4.16. The molecule has 6 heteroatoms. The predicted molar refractivity (Wildman–Crippen MR) is 98.9 cm³/mol. The van der Waals surface area contributed by atoms with E-state index in [0.29, 0.717) is 21.3 Å². The number of amides is 2. The summed E-state index contributed by atoms with van der Waals surface area (Å²) in [4.78, 5) is 25.0. The number of hydrogen-bond acceptors (Lipinski definition) is 3. The molecule has 1 fully saturated rings. The number of rotatable bonds is 4. The summed E-state index contributed by atoms with van der Waals surface area (Å²) in [6.07, 6.45) is 5.36. The second-order valence-corrected chi connectivity index (χ2v) is 7.31. The van der Waals surface area contributed by atoms with Crippen molar-refractivity contribution in [1.82, 2.24) is 0 Å². The van der Waals surface area contributed by atoms with Crippen LogP contribution in [-0.2, 0) is 4.79 Å². The smallest absolute Gasteiger partial charge is 0.265 e. The van der Waals surface area contributed by atoms with Crippen LogP contribution in [0.1, 0.15) is 41.8 Å². The Balaban J connectivity index is 1.63. The van der Waals surface area contributed by atoms with E-state index in [-0.39, 0.29) is 17.7 Å². The summed E-state index contributed by atoms with van der Waals surface area (Å²) in [5.74, 6) is -0.0391. The summed E-state index contributed by atoms with van der Waals surface area (Å²) in [5, 5.41) is 7.96. The number of benzene rings is 1. The fourth-order valence-corrected chi connectivity index (χ4v) is 3.74. The molecule has 2 amide bonds. The minimum Gasteiger partial charge on any atom is -0.326 e. The third-order valence-corrected chi connectivity index (χ3v) is 5.39. The average molecular weight is 363 g/mol. The number of nitrogens with one attached hydrogen (secondary N) is 2. The van der Waals surface area contributed by atoms with E-state index in [2.05, 4.69) is 10.6 Å². The molecule has 2 N–H and O–H groups in total. The van der Waals surface area contributed by atoms with Gasteiger partial charge in [-0.2, -0.15) is 0 Å². The minimum absolute atomic E-state index is 0.0566. The molecule has 0 atom stereocenters. The molecule has 2 aromatic rings. The Bertz CT molecular complexity index is 725. The second-order valence-electron chi connectivity index (χ2n) is 5.95. The first-order valence-corrected chi connectivity index (χ1v) is 9.34. The van der Waals surface area contributed by atoms with Gasteiger partial charge in [-0.1, -0.05) is 36.9 Å². The lowest BCUT2D eigenvalue weighted by Crippen LogP contribution is -2.24. The maximum absolute atomic E-state index is 12.3. The molecule has 1 aliphatic carbocycles. The zero-order chi connectivity index (χ0) is 16.9. The van der Waals surface area contributed by atoms with Crippen molar-refractivity contribution in [2.45, 2.75) is 32.1 Å².